The second kappa shape index (κ2) is 5.02. The molecule has 0 N–H and O–H groups in total. The van der Waals surface area contributed by atoms with Crippen molar-refractivity contribution in [3.63, 3.8) is 0 Å². The summed E-state index contributed by atoms with van der Waals surface area (Å²) in [5, 5.41) is 0. The number of nitrogens with zero attached hydrogens (tertiary/aromatic N) is 2. The Morgan fingerprint density at radius 1 is 1.19 bits per heavy atom. The Kier molecular flexibility index (Phi) is 3.87. The highest BCUT2D eigenvalue weighted by Gasteiger charge is 2.32. The van der Waals surface area contributed by atoms with Gasteiger partial charge in [-0.2, -0.15) is 0 Å². The van der Waals surface area contributed by atoms with Crippen LogP contribution >= 0.6 is 0 Å². The highest BCUT2D eigenvalue weighted by molar-refractivity contribution is 7.89. The first kappa shape index (κ1) is 12.3. The molecule has 2 rings (SSSR count). The van der Waals surface area contributed by atoms with Crippen LogP contribution in [0, 0.1) is 0 Å². The highest BCUT2D eigenvalue weighted by atomic mass is 32.2. The lowest BCUT2D eigenvalue weighted by atomic mass is 10.2. The molecule has 2 aliphatic heterocycles. The van der Waals surface area contributed by atoms with Gasteiger partial charge in [0.1, 0.15) is 0 Å². The number of rotatable bonds is 3. The number of hydrogen-bond acceptors (Lipinski definition) is 3. The third-order valence-electron chi connectivity index (χ3n) is 3.62. The van der Waals surface area contributed by atoms with Crippen molar-refractivity contribution in [1.29, 1.82) is 0 Å². The van der Waals surface area contributed by atoms with E-state index in [0.717, 1.165) is 39.0 Å². The summed E-state index contributed by atoms with van der Waals surface area (Å²) < 4.78 is 25.8. The third kappa shape index (κ3) is 2.57. The van der Waals surface area contributed by atoms with Crippen molar-refractivity contribution >= 4 is 10.0 Å². The first-order chi connectivity index (χ1) is 7.63. The van der Waals surface area contributed by atoms with Crippen molar-refractivity contribution in [2.24, 2.45) is 0 Å². The van der Waals surface area contributed by atoms with Gasteiger partial charge in [-0.1, -0.05) is 6.92 Å². The fourth-order valence-corrected chi connectivity index (χ4v) is 4.39. The summed E-state index contributed by atoms with van der Waals surface area (Å²) >= 11 is 0. The summed E-state index contributed by atoms with van der Waals surface area (Å²) in [6.45, 7) is 5.60. The standard InChI is InChI=1S/C11H22N2O2S/c1-2-9-16(14,15)13-8-4-7-12-6-3-5-11(12)10-13/h11H,2-10H2,1H3. The second-order valence-electron chi connectivity index (χ2n) is 4.86. The maximum absolute atomic E-state index is 12.0. The molecule has 2 saturated heterocycles. The second-order valence-corrected chi connectivity index (χ2v) is 6.95. The average molecular weight is 246 g/mol. The first-order valence-electron chi connectivity index (χ1n) is 6.35. The topological polar surface area (TPSA) is 40.6 Å². The van der Waals surface area contributed by atoms with E-state index in [2.05, 4.69) is 4.90 Å². The van der Waals surface area contributed by atoms with Gasteiger partial charge in [0.2, 0.25) is 10.0 Å². The monoisotopic (exact) mass is 246 g/mol. The molecule has 0 saturated carbocycles. The Bertz CT molecular complexity index is 329. The van der Waals surface area contributed by atoms with Crippen LogP contribution in [-0.4, -0.2) is 55.6 Å². The molecule has 1 atom stereocenters. The first-order valence-corrected chi connectivity index (χ1v) is 7.96. The lowest BCUT2D eigenvalue weighted by molar-refractivity contribution is 0.257. The quantitative estimate of drug-likeness (QED) is 0.743. The number of fused-ring (bicyclic) bond motifs is 1. The maximum atomic E-state index is 12.0. The van der Waals surface area contributed by atoms with Crippen LogP contribution in [0.4, 0.5) is 0 Å². The van der Waals surface area contributed by atoms with E-state index >= 15 is 0 Å². The predicted octanol–water partition coefficient (Wildman–Crippen LogP) is 0.896. The SMILES string of the molecule is CCCS(=O)(=O)N1CCCN2CCCC2C1. The molecule has 0 bridgehead atoms. The zero-order valence-corrected chi connectivity index (χ0v) is 10.9. The Morgan fingerprint density at radius 2 is 1.94 bits per heavy atom. The van der Waals surface area contributed by atoms with Crippen LogP contribution in [0.5, 0.6) is 0 Å². The Labute approximate surface area is 98.7 Å². The normalized spacial score (nSPS) is 28.9. The lowest BCUT2D eigenvalue weighted by Crippen LogP contribution is -2.40. The van der Waals surface area contributed by atoms with Crippen LogP contribution in [-0.2, 0) is 10.0 Å². The van der Waals surface area contributed by atoms with Crippen molar-refractivity contribution in [1.82, 2.24) is 9.21 Å². The molecule has 2 aliphatic rings. The van der Waals surface area contributed by atoms with Gasteiger partial charge in [-0.3, -0.25) is 4.90 Å². The molecule has 1 unspecified atom stereocenters. The zero-order chi connectivity index (χ0) is 11.6. The molecule has 0 aromatic heterocycles. The van der Waals surface area contributed by atoms with E-state index in [0.29, 0.717) is 18.2 Å². The highest BCUT2D eigenvalue weighted by Crippen LogP contribution is 2.22. The number of hydrogen-bond donors (Lipinski definition) is 0. The molecule has 0 radical (unpaired) electrons. The van der Waals surface area contributed by atoms with E-state index in [4.69, 9.17) is 0 Å². The summed E-state index contributed by atoms with van der Waals surface area (Å²) in [7, 11) is -2.99. The molecular weight excluding hydrogens is 224 g/mol. The molecule has 2 heterocycles. The zero-order valence-electron chi connectivity index (χ0n) is 10.1. The van der Waals surface area contributed by atoms with E-state index in [-0.39, 0.29) is 0 Å². The summed E-state index contributed by atoms with van der Waals surface area (Å²) in [6.07, 6.45) is 4.09. The molecule has 0 aromatic rings. The molecular formula is C11H22N2O2S. The summed E-state index contributed by atoms with van der Waals surface area (Å²) in [5.41, 5.74) is 0. The Morgan fingerprint density at radius 3 is 2.69 bits per heavy atom. The van der Waals surface area contributed by atoms with Crippen LogP contribution < -0.4 is 0 Å². The van der Waals surface area contributed by atoms with E-state index in [1.807, 2.05) is 6.92 Å². The van der Waals surface area contributed by atoms with Gasteiger partial charge in [-0.05, 0) is 38.8 Å². The van der Waals surface area contributed by atoms with Crippen LogP contribution in [0.3, 0.4) is 0 Å². The number of sulfonamides is 1. The molecule has 16 heavy (non-hydrogen) atoms. The van der Waals surface area contributed by atoms with Gasteiger partial charge in [0.25, 0.3) is 0 Å². The van der Waals surface area contributed by atoms with E-state index < -0.39 is 10.0 Å². The molecule has 0 aromatic carbocycles. The summed E-state index contributed by atoms with van der Waals surface area (Å²) in [4.78, 5) is 2.46. The molecule has 0 spiro atoms. The molecule has 0 aliphatic carbocycles. The smallest absolute Gasteiger partial charge is 0.214 e. The van der Waals surface area contributed by atoms with Gasteiger partial charge in [-0.15, -0.1) is 0 Å². The molecule has 2 fully saturated rings. The summed E-state index contributed by atoms with van der Waals surface area (Å²) in [6, 6.07) is 0.481. The average Bonchev–Trinajstić information content (AvgIpc) is 2.55. The van der Waals surface area contributed by atoms with Crippen molar-refractivity contribution in [2.75, 3.05) is 31.9 Å². The maximum Gasteiger partial charge on any atom is 0.214 e. The van der Waals surface area contributed by atoms with Gasteiger partial charge in [-0.25, -0.2) is 12.7 Å². The van der Waals surface area contributed by atoms with Gasteiger partial charge < -0.3 is 0 Å². The fraction of sp³-hybridized carbons (Fsp3) is 1.00. The van der Waals surface area contributed by atoms with Gasteiger partial charge in [0, 0.05) is 19.1 Å². The van der Waals surface area contributed by atoms with E-state index in [9.17, 15) is 8.42 Å². The van der Waals surface area contributed by atoms with Crippen molar-refractivity contribution in [2.45, 2.75) is 38.6 Å². The largest absolute Gasteiger partial charge is 0.299 e. The Hall–Kier alpha value is -0.130. The van der Waals surface area contributed by atoms with E-state index in [1.54, 1.807) is 4.31 Å². The van der Waals surface area contributed by atoms with Gasteiger partial charge in [0.15, 0.2) is 0 Å². The lowest BCUT2D eigenvalue weighted by Gasteiger charge is -2.25. The third-order valence-corrected chi connectivity index (χ3v) is 5.66. The molecule has 94 valence electrons. The van der Waals surface area contributed by atoms with Gasteiger partial charge >= 0.3 is 0 Å². The van der Waals surface area contributed by atoms with Gasteiger partial charge in [0.05, 0.1) is 5.75 Å². The minimum atomic E-state index is -2.99. The van der Waals surface area contributed by atoms with Crippen LogP contribution in [0.1, 0.15) is 32.6 Å². The van der Waals surface area contributed by atoms with Crippen molar-refractivity contribution in [3.05, 3.63) is 0 Å². The predicted molar refractivity (Wildman–Crippen MR) is 64.9 cm³/mol. The minimum absolute atomic E-state index is 0.305. The Balaban J connectivity index is 2.05. The molecule has 0 amide bonds. The van der Waals surface area contributed by atoms with Crippen molar-refractivity contribution in [3.8, 4) is 0 Å². The fourth-order valence-electron chi connectivity index (χ4n) is 2.81. The van der Waals surface area contributed by atoms with Crippen LogP contribution in [0.15, 0.2) is 0 Å². The van der Waals surface area contributed by atoms with E-state index in [1.165, 1.54) is 6.42 Å². The molecule has 4 nitrogen and oxygen atoms in total. The minimum Gasteiger partial charge on any atom is -0.299 e. The van der Waals surface area contributed by atoms with Crippen molar-refractivity contribution < 1.29 is 8.42 Å². The molecule has 5 heteroatoms. The summed E-state index contributed by atoms with van der Waals surface area (Å²) in [5.74, 6) is 0.305. The van der Waals surface area contributed by atoms with Crippen LogP contribution in [0.2, 0.25) is 0 Å². The van der Waals surface area contributed by atoms with Crippen LogP contribution in [0.25, 0.3) is 0 Å².